The second kappa shape index (κ2) is 4.97. The normalized spacial score (nSPS) is 10.9. The number of benzene rings is 1. The number of nitrogens with zero attached hydrogens (tertiary/aromatic N) is 3. The molecule has 0 amide bonds. The maximum absolute atomic E-state index is 13.2. The third-order valence-electron chi connectivity index (χ3n) is 2.51. The van der Waals surface area contributed by atoms with Crippen LogP contribution >= 0.6 is 11.6 Å². The van der Waals surface area contributed by atoms with Gasteiger partial charge in [-0.25, -0.2) is 13.2 Å². The summed E-state index contributed by atoms with van der Waals surface area (Å²) in [5.74, 6) is -3.15. The zero-order valence-corrected chi connectivity index (χ0v) is 10.2. The van der Waals surface area contributed by atoms with Gasteiger partial charge in [0.15, 0.2) is 23.3 Å². The number of halogens is 4. The van der Waals surface area contributed by atoms with Crippen molar-refractivity contribution in [3.8, 4) is 11.4 Å². The van der Waals surface area contributed by atoms with Crippen molar-refractivity contribution in [3.05, 3.63) is 35.4 Å². The van der Waals surface area contributed by atoms with E-state index in [1.54, 1.807) is 4.57 Å². The highest BCUT2D eigenvalue weighted by atomic mass is 35.5. The molecule has 3 nitrogen and oxygen atoms in total. The van der Waals surface area contributed by atoms with E-state index < -0.39 is 17.5 Å². The molecule has 0 spiro atoms. The van der Waals surface area contributed by atoms with Crippen molar-refractivity contribution in [1.82, 2.24) is 14.8 Å². The van der Waals surface area contributed by atoms with E-state index in [1.165, 1.54) is 0 Å². The molecule has 18 heavy (non-hydrogen) atoms. The molecule has 1 aromatic heterocycles. The largest absolute Gasteiger partial charge is 0.310 e. The van der Waals surface area contributed by atoms with Gasteiger partial charge >= 0.3 is 0 Å². The van der Waals surface area contributed by atoms with Crippen LogP contribution in [-0.2, 0) is 12.4 Å². The Labute approximate surface area is 106 Å². The average Bonchev–Trinajstić information content (AvgIpc) is 2.77. The Morgan fingerprint density at radius 1 is 1.17 bits per heavy atom. The zero-order valence-electron chi connectivity index (χ0n) is 9.42. The molecule has 0 aliphatic rings. The number of hydrogen-bond donors (Lipinski definition) is 0. The first-order valence-corrected chi connectivity index (χ1v) is 5.74. The smallest absolute Gasteiger partial charge is 0.194 e. The number of rotatable bonds is 3. The van der Waals surface area contributed by atoms with Crippen LogP contribution in [0.1, 0.15) is 12.7 Å². The highest BCUT2D eigenvalue weighted by Crippen LogP contribution is 2.23. The molecule has 1 heterocycles. The fraction of sp³-hybridized carbons (Fsp3) is 0.273. The Hall–Kier alpha value is -1.56. The van der Waals surface area contributed by atoms with Crippen molar-refractivity contribution in [2.75, 3.05) is 0 Å². The summed E-state index contributed by atoms with van der Waals surface area (Å²) in [6, 6.07) is 1.76. The molecule has 96 valence electrons. The van der Waals surface area contributed by atoms with Gasteiger partial charge in [0.25, 0.3) is 0 Å². The SMILES string of the molecule is CCn1c(CCl)nnc1-c1cc(F)c(F)c(F)c1. The predicted octanol–water partition coefficient (Wildman–Crippen LogP) is 3.12. The molecule has 0 aliphatic heterocycles. The molecule has 2 aromatic rings. The molecule has 0 unspecified atom stereocenters. The van der Waals surface area contributed by atoms with Gasteiger partial charge in [0, 0.05) is 12.1 Å². The maximum atomic E-state index is 13.2. The zero-order chi connectivity index (χ0) is 13.3. The molecular weight excluding hydrogens is 267 g/mol. The van der Waals surface area contributed by atoms with Gasteiger partial charge in [0.1, 0.15) is 5.82 Å². The fourth-order valence-electron chi connectivity index (χ4n) is 1.66. The van der Waals surface area contributed by atoms with Gasteiger partial charge < -0.3 is 4.57 Å². The molecule has 1 aromatic carbocycles. The van der Waals surface area contributed by atoms with Crippen molar-refractivity contribution < 1.29 is 13.2 Å². The van der Waals surface area contributed by atoms with Crippen molar-refractivity contribution >= 4 is 11.6 Å². The number of hydrogen-bond acceptors (Lipinski definition) is 2. The standard InChI is InChI=1S/C11H9ClF3N3/c1-2-18-9(5-12)16-17-11(18)6-3-7(13)10(15)8(14)4-6/h3-4H,2,5H2,1H3. The Kier molecular flexibility index (Phi) is 3.56. The van der Waals surface area contributed by atoms with Crippen molar-refractivity contribution in [2.45, 2.75) is 19.3 Å². The van der Waals surface area contributed by atoms with E-state index in [4.69, 9.17) is 11.6 Å². The van der Waals surface area contributed by atoms with E-state index in [0.717, 1.165) is 12.1 Å². The van der Waals surface area contributed by atoms with Crippen LogP contribution < -0.4 is 0 Å². The van der Waals surface area contributed by atoms with E-state index in [1.807, 2.05) is 6.92 Å². The lowest BCUT2D eigenvalue weighted by molar-refractivity contribution is 0.447. The topological polar surface area (TPSA) is 30.7 Å². The summed E-state index contributed by atoms with van der Waals surface area (Å²) in [6.45, 7) is 2.31. The summed E-state index contributed by atoms with van der Waals surface area (Å²) < 4.78 is 40.8. The molecule has 0 saturated carbocycles. The molecule has 0 N–H and O–H groups in total. The first-order chi connectivity index (χ1) is 8.58. The summed E-state index contributed by atoms with van der Waals surface area (Å²) in [7, 11) is 0. The monoisotopic (exact) mass is 275 g/mol. The number of alkyl halides is 1. The lowest BCUT2D eigenvalue weighted by Gasteiger charge is -2.06. The molecule has 0 aliphatic carbocycles. The van der Waals surface area contributed by atoms with E-state index in [-0.39, 0.29) is 17.3 Å². The minimum atomic E-state index is -1.50. The van der Waals surface area contributed by atoms with Gasteiger partial charge in [-0.2, -0.15) is 0 Å². The highest BCUT2D eigenvalue weighted by molar-refractivity contribution is 6.16. The van der Waals surface area contributed by atoms with Gasteiger partial charge in [0.05, 0.1) is 5.88 Å². The molecule has 0 fully saturated rings. The third-order valence-corrected chi connectivity index (χ3v) is 2.74. The van der Waals surface area contributed by atoms with Crippen LogP contribution in [0, 0.1) is 17.5 Å². The summed E-state index contributed by atoms with van der Waals surface area (Å²) >= 11 is 5.67. The quantitative estimate of drug-likeness (QED) is 0.636. The second-order valence-corrected chi connectivity index (χ2v) is 3.84. The van der Waals surface area contributed by atoms with Crippen LogP contribution in [0.15, 0.2) is 12.1 Å². The fourth-order valence-corrected chi connectivity index (χ4v) is 1.86. The van der Waals surface area contributed by atoms with Gasteiger partial charge in [-0.1, -0.05) is 0 Å². The first kappa shape index (κ1) is 12.9. The maximum Gasteiger partial charge on any atom is 0.194 e. The molecule has 0 saturated heterocycles. The second-order valence-electron chi connectivity index (χ2n) is 3.57. The van der Waals surface area contributed by atoms with Crippen molar-refractivity contribution in [1.29, 1.82) is 0 Å². The van der Waals surface area contributed by atoms with E-state index in [0.29, 0.717) is 12.4 Å². The van der Waals surface area contributed by atoms with E-state index >= 15 is 0 Å². The minimum Gasteiger partial charge on any atom is -0.310 e. The lowest BCUT2D eigenvalue weighted by Crippen LogP contribution is -2.03. The van der Waals surface area contributed by atoms with Crippen LogP contribution in [0.4, 0.5) is 13.2 Å². The summed E-state index contributed by atoms with van der Waals surface area (Å²) in [6.07, 6.45) is 0. The lowest BCUT2D eigenvalue weighted by atomic mass is 10.2. The third kappa shape index (κ3) is 2.08. The molecule has 2 rings (SSSR count). The Bertz CT molecular complexity index is 560. The molecule has 0 atom stereocenters. The summed E-state index contributed by atoms with van der Waals surface area (Å²) in [4.78, 5) is 0. The van der Waals surface area contributed by atoms with Crippen LogP contribution in [0.2, 0.25) is 0 Å². The molecule has 0 radical (unpaired) electrons. The van der Waals surface area contributed by atoms with Gasteiger partial charge in [-0.15, -0.1) is 21.8 Å². The average molecular weight is 276 g/mol. The molecule has 7 heteroatoms. The summed E-state index contributed by atoms with van der Waals surface area (Å²) in [5.41, 5.74) is 0.122. The minimum absolute atomic E-state index is 0.122. The Morgan fingerprint density at radius 3 is 2.28 bits per heavy atom. The Morgan fingerprint density at radius 2 is 1.78 bits per heavy atom. The summed E-state index contributed by atoms with van der Waals surface area (Å²) in [5, 5.41) is 7.62. The molecule has 0 bridgehead atoms. The highest BCUT2D eigenvalue weighted by Gasteiger charge is 2.17. The van der Waals surface area contributed by atoms with Crippen LogP contribution in [0.3, 0.4) is 0 Å². The molecular formula is C11H9ClF3N3. The van der Waals surface area contributed by atoms with Crippen LogP contribution in [0.25, 0.3) is 11.4 Å². The van der Waals surface area contributed by atoms with E-state index in [9.17, 15) is 13.2 Å². The van der Waals surface area contributed by atoms with Gasteiger partial charge in [-0.05, 0) is 19.1 Å². The predicted molar refractivity (Wildman–Crippen MR) is 60.6 cm³/mol. The van der Waals surface area contributed by atoms with Gasteiger partial charge in [-0.3, -0.25) is 0 Å². The van der Waals surface area contributed by atoms with Gasteiger partial charge in [0.2, 0.25) is 0 Å². The van der Waals surface area contributed by atoms with Crippen LogP contribution in [0.5, 0.6) is 0 Å². The number of aromatic nitrogens is 3. The Balaban J connectivity index is 2.58. The van der Waals surface area contributed by atoms with Crippen molar-refractivity contribution in [2.24, 2.45) is 0 Å². The first-order valence-electron chi connectivity index (χ1n) is 5.21. The van der Waals surface area contributed by atoms with Crippen molar-refractivity contribution in [3.63, 3.8) is 0 Å². The van der Waals surface area contributed by atoms with E-state index in [2.05, 4.69) is 10.2 Å². The van der Waals surface area contributed by atoms with Crippen LogP contribution in [-0.4, -0.2) is 14.8 Å².